The number of hydrogen-bond acceptors (Lipinski definition) is 8. The molecule has 2 aromatic carbocycles. The van der Waals surface area contributed by atoms with Gasteiger partial charge < -0.3 is 0 Å². The van der Waals surface area contributed by atoms with Crippen LogP contribution in [0, 0.1) is 27.4 Å². The largest absolute Gasteiger partial charge is 0.294 e. The van der Waals surface area contributed by atoms with Crippen molar-refractivity contribution in [1.29, 1.82) is 5.26 Å². The maximum atomic E-state index is 13.9. The minimum Gasteiger partial charge on any atom is -0.294 e. The van der Waals surface area contributed by atoms with Crippen molar-refractivity contribution in [2.24, 2.45) is 5.92 Å². The third kappa shape index (κ3) is 3.85. The highest BCUT2D eigenvalue weighted by atomic mass is 32.2. The molecule has 0 radical (unpaired) electrons. The summed E-state index contributed by atoms with van der Waals surface area (Å²) in [7, 11) is 7.27. The summed E-state index contributed by atoms with van der Waals surface area (Å²) in [5.74, 6) is -1.56. The molecule has 1 saturated heterocycles. The molecule has 3 rings (SSSR count). The summed E-state index contributed by atoms with van der Waals surface area (Å²) in [4.78, 5) is 27.2. The van der Waals surface area contributed by atoms with E-state index in [1.54, 1.807) is 6.07 Å². The van der Waals surface area contributed by atoms with E-state index in [1.165, 1.54) is 30.0 Å². The van der Waals surface area contributed by atoms with Gasteiger partial charge in [0, 0.05) is 23.6 Å². The first-order valence-corrected chi connectivity index (χ1v) is 10.9. The number of thiol groups is 1. The molecule has 0 bridgehead atoms. The number of thioether (sulfide) groups is 1. The SMILES string of the molecule is CN(C)C1(S)SC(C#N)(N(C)C)C(c2ccccc2)C1C(=O)c1cccc([N+](=O)[O-])c1. The molecule has 1 aliphatic heterocycles. The van der Waals surface area contributed by atoms with E-state index in [1.807, 2.05) is 68.3 Å². The molecule has 162 valence electrons. The zero-order chi connectivity index (χ0) is 23.0. The Morgan fingerprint density at radius 2 is 1.77 bits per heavy atom. The van der Waals surface area contributed by atoms with Crippen molar-refractivity contribution in [2.75, 3.05) is 28.2 Å². The topological polar surface area (TPSA) is 90.5 Å². The van der Waals surface area contributed by atoms with Gasteiger partial charge in [0.1, 0.15) is 4.20 Å². The standard InChI is InChI=1S/C22H24N4O3S2/c1-24(2)21(14-23)18(15-9-6-5-7-10-15)19(22(30,31-21)25(3)4)20(27)16-11-8-12-17(13-16)26(28)29/h5-13,18-19,30H,1-4H3. The lowest BCUT2D eigenvalue weighted by Gasteiger charge is -2.36. The lowest BCUT2D eigenvalue weighted by molar-refractivity contribution is -0.384. The van der Waals surface area contributed by atoms with E-state index >= 15 is 0 Å². The minimum atomic E-state index is -1.07. The van der Waals surface area contributed by atoms with Crippen LogP contribution >= 0.6 is 24.4 Å². The molecular formula is C22H24N4O3S2. The van der Waals surface area contributed by atoms with Crippen molar-refractivity contribution in [3.63, 3.8) is 0 Å². The summed E-state index contributed by atoms with van der Waals surface area (Å²) in [5, 5.41) is 21.6. The van der Waals surface area contributed by atoms with Gasteiger partial charge >= 0.3 is 0 Å². The summed E-state index contributed by atoms with van der Waals surface area (Å²) in [5.41, 5.74) is 0.918. The first-order chi connectivity index (χ1) is 14.6. The van der Waals surface area contributed by atoms with Crippen LogP contribution in [0.15, 0.2) is 54.6 Å². The number of carbonyl (C=O) groups excluding carboxylic acids is 1. The lowest BCUT2D eigenvalue weighted by Crippen LogP contribution is -2.46. The van der Waals surface area contributed by atoms with E-state index in [-0.39, 0.29) is 17.0 Å². The Labute approximate surface area is 191 Å². The number of Topliss-reactive ketones (excluding diaryl/α,β-unsaturated/α-hetero) is 1. The van der Waals surface area contributed by atoms with Gasteiger partial charge in [-0.15, -0.1) is 12.6 Å². The second-order valence-corrected chi connectivity index (χ2v) is 10.3. The molecule has 0 aromatic heterocycles. The van der Waals surface area contributed by atoms with E-state index < -0.39 is 25.8 Å². The van der Waals surface area contributed by atoms with Crippen molar-refractivity contribution < 1.29 is 9.72 Å². The van der Waals surface area contributed by atoms with Gasteiger partial charge in [0.25, 0.3) is 5.69 Å². The highest BCUT2D eigenvalue weighted by Crippen LogP contribution is 2.64. The number of carbonyl (C=O) groups is 1. The number of hydrogen-bond donors (Lipinski definition) is 1. The van der Waals surface area contributed by atoms with Crippen molar-refractivity contribution in [3.05, 3.63) is 75.8 Å². The molecule has 1 fully saturated rings. The molecule has 9 heteroatoms. The molecule has 7 nitrogen and oxygen atoms in total. The number of nitro groups is 1. The van der Waals surface area contributed by atoms with Gasteiger partial charge in [0.15, 0.2) is 10.7 Å². The number of likely N-dealkylation sites (N-methyl/N-ethyl adjacent to an activating group) is 1. The first kappa shape index (κ1) is 23.3. The smallest absolute Gasteiger partial charge is 0.270 e. The maximum Gasteiger partial charge on any atom is 0.270 e. The molecule has 0 aliphatic carbocycles. The molecule has 0 saturated carbocycles. The van der Waals surface area contributed by atoms with E-state index in [0.717, 1.165) is 5.56 Å². The Morgan fingerprint density at radius 3 is 2.29 bits per heavy atom. The van der Waals surface area contributed by atoms with Crippen LogP contribution in [0.1, 0.15) is 21.8 Å². The van der Waals surface area contributed by atoms with Crippen molar-refractivity contribution >= 4 is 35.9 Å². The van der Waals surface area contributed by atoms with Gasteiger partial charge in [-0.2, -0.15) is 5.26 Å². The van der Waals surface area contributed by atoms with Crippen LogP contribution in [-0.4, -0.2) is 57.8 Å². The first-order valence-electron chi connectivity index (χ1n) is 9.60. The fourth-order valence-electron chi connectivity index (χ4n) is 4.08. The fourth-order valence-corrected chi connectivity index (χ4v) is 6.41. The number of ketones is 1. The molecule has 0 amide bonds. The van der Waals surface area contributed by atoms with Crippen LogP contribution in [0.5, 0.6) is 0 Å². The molecular weight excluding hydrogens is 432 g/mol. The predicted molar refractivity (Wildman–Crippen MR) is 125 cm³/mol. The van der Waals surface area contributed by atoms with E-state index in [0.29, 0.717) is 0 Å². The monoisotopic (exact) mass is 456 g/mol. The Morgan fingerprint density at radius 1 is 1.13 bits per heavy atom. The lowest BCUT2D eigenvalue weighted by atomic mass is 9.76. The third-order valence-electron chi connectivity index (χ3n) is 5.71. The fraction of sp³-hybridized carbons (Fsp3) is 0.364. The molecule has 4 unspecified atom stereocenters. The average Bonchev–Trinajstić information content (AvgIpc) is 3.05. The highest BCUT2D eigenvalue weighted by Gasteiger charge is 2.66. The normalized spacial score (nSPS) is 27.9. The number of non-ortho nitro benzene ring substituents is 1. The number of nitro benzene ring substituents is 1. The van der Waals surface area contributed by atoms with Crippen molar-refractivity contribution in [2.45, 2.75) is 15.0 Å². The van der Waals surface area contributed by atoms with Crippen LogP contribution in [0.25, 0.3) is 0 Å². The van der Waals surface area contributed by atoms with E-state index in [9.17, 15) is 20.2 Å². The molecule has 31 heavy (non-hydrogen) atoms. The highest BCUT2D eigenvalue weighted by molar-refractivity contribution is 8.12. The van der Waals surface area contributed by atoms with Gasteiger partial charge in [0.05, 0.1) is 16.9 Å². The number of nitriles is 1. The second-order valence-electron chi connectivity index (χ2n) is 7.90. The summed E-state index contributed by atoms with van der Waals surface area (Å²) >= 11 is 6.28. The Balaban J connectivity index is 2.26. The van der Waals surface area contributed by atoms with Gasteiger partial charge in [-0.3, -0.25) is 24.7 Å². The predicted octanol–water partition coefficient (Wildman–Crippen LogP) is 3.85. The van der Waals surface area contributed by atoms with Crippen molar-refractivity contribution in [3.8, 4) is 6.07 Å². The summed E-state index contributed by atoms with van der Waals surface area (Å²) in [6.07, 6.45) is 0. The quantitative estimate of drug-likeness (QED) is 0.232. The zero-order valence-electron chi connectivity index (χ0n) is 17.7. The van der Waals surface area contributed by atoms with Crippen LogP contribution in [0.3, 0.4) is 0 Å². The molecule has 0 spiro atoms. The number of nitrogens with zero attached hydrogens (tertiary/aromatic N) is 4. The van der Waals surface area contributed by atoms with Crippen molar-refractivity contribution in [1.82, 2.24) is 9.80 Å². The Kier molecular flexibility index (Phi) is 6.48. The van der Waals surface area contributed by atoms with Gasteiger partial charge in [-0.1, -0.05) is 54.2 Å². The maximum absolute atomic E-state index is 13.9. The second kappa shape index (κ2) is 8.63. The zero-order valence-corrected chi connectivity index (χ0v) is 19.4. The summed E-state index contributed by atoms with van der Waals surface area (Å²) < 4.78 is -1.03. The van der Waals surface area contributed by atoms with Gasteiger partial charge in [-0.05, 0) is 33.8 Å². The average molecular weight is 457 g/mol. The summed E-state index contributed by atoms with van der Waals surface area (Å²) in [6.45, 7) is 0. The van der Waals surface area contributed by atoms with Crippen LogP contribution in [0.4, 0.5) is 5.69 Å². The van der Waals surface area contributed by atoms with Crippen LogP contribution in [-0.2, 0) is 0 Å². The molecule has 4 atom stereocenters. The van der Waals surface area contributed by atoms with Crippen LogP contribution in [0.2, 0.25) is 0 Å². The summed E-state index contributed by atoms with van der Waals surface area (Å²) in [6, 6.07) is 17.6. The van der Waals surface area contributed by atoms with E-state index in [2.05, 4.69) is 6.07 Å². The molecule has 0 N–H and O–H groups in total. The number of rotatable bonds is 6. The minimum absolute atomic E-state index is 0.151. The van der Waals surface area contributed by atoms with Gasteiger partial charge in [0.2, 0.25) is 0 Å². The molecule has 2 aromatic rings. The van der Waals surface area contributed by atoms with Crippen LogP contribution < -0.4 is 0 Å². The molecule has 1 aliphatic rings. The van der Waals surface area contributed by atoms with E-state index in [4.69, 9.17) is 12.6 Å². The number of benzene rings is 2. The molecule has 1 heterocycles. The Bertz CT molecular complexity index is 1040. The Hall–Kier alpha value is -2.38. The third-order valence-corrected chi connectivity index (χ3v) is 8.61. The van der Waals surface area contributed by atoms with Gasteiger partial charge in [-0.25, -0.2) is 0 Å².